The summed E-state index contributed by atoms with van der Waals surface area (Å²) in [6.07, 6.45) is 0.743. The zero-order chi connectivity index (χ0) is 23.3. The molecule has 0 radical (unpaired) electrons. The van der Waals surface area contributed by atoms with Gasteiger partial charge >= 0.3 is 0 Å². The minimum Gasteiger partial charge on any atom is -0.493 e. The Hall–Kier alpha value is -2.85. The van der Waals surface area contributed by atoms with Crippen molar-refractivity contribution >= 4 is 15.9 Å². The van der Waals surface area contributed by atoms with Crippen LogP contribution >= 0.6 is 0 Å². The Labute approximate surface area is 187 Å². The Morgan fingerprint density at radius 3 is 2.00 bits per heavy atom. The number of hydrogen-bond acceptors (Lipinski definition) is 6. The molecule has 1 saturated heterocycles. The summed E-state index contributed by atoms with van der Waals surface area (Å²) >= 11 is 0. The standard InChI is InChI=1S/C22H27FN2O6S/c1-29-19-14-16(15-20(30-2)22(19)31-3)4-9-21(26)24-10-12-25(13-11-24)32(27,28)18-7-5-17(23)6-8-18/h5-8,14-15H,4,9-13H2,1-3H3. The first-order valence-corrected chi connectivity index (χ1v) is 11.6. The molecule has 8 nitrogen and oxygen atoms in total. The smallest absolute Gasteiger partial charge is 0.243 e. The summed E-state index contributed by atoms with van der Waals surface area (Å²) in [5.41, 5.74) is 0.866. The minimum absolute atomic E-state index is 0.0427. The third-order valence-electron chi connectivity index (χ3n) is 5.39. The number of ether oxygens (including phenoxy) is 3. The van der Waals surface area contributed by atoms with Crippen molar-refractivity contribution in [3.63, 3.8) is 0 Å². The summed E-state index contributed by atoms with van der Waals surface area (Å²) in [7, 11) is 0.878. The summed E-state index contributed by atoms with van der Waals surface area (Å²) < 4.78 is 55.9. The van der Waals surface area contributed by atoms with Gasteiger partial charge < -0.3 is 19.1 Å². The number of carbonyl (C=O) groups is 1. The van der Waals surface area contributed by atoms with Crippen molar-refractivity contribution in [2.24, 2.45) is 0 Å². The summed E-state index contributed by atoms with van der Waals surface area (Å²) in [6.45, 7) is 0.980. The Kier molecular flexibility index (Phi) is 7.57. The predicted molar refractivity (Wildman–Crippen MR) is 116 cm³/mol. The normalized spacial score (nSPS) is 14.8. The Balaban J connectivity index is 1.59. The van der Waals surface area contributed by atoms with E-state index in [0.29, 0.717) is 36.8 Å². The average Bonchev–Trinajstić information content (AvgIpc) is 2.82. The number of nitrogens with zero attached hydrogens (tertiary/aromatic N) is 2. The van der Waals surface area contributed by atoms with Crippen LogP contribution in [-0.2, 0) is 21.2 Å². The topological polar surface area (TPSA) is 85.4 Å². The molecule has 0 saturated carbocycles. The van der Waals surface area contributed by atoms with Crippen LogP contribution in [0.1, 0.15) is 12.0 Å². The number of rotatable bonds is 8. The molecule has 32 heavy (non-hydrogen) atoms. The SMILES string of the molecule is COc1cc(CCC(=O)N2CCN(S(=O)(=O)c3ccc(F)cc3)CC2)cc(OC)c1OC. The van der Waals surface area contributed by atoms with E-state index >= 15 is 0 Å². The van der Waals surface area contributed by atoms with Crippen LogP contribution in [0.25, 0.3) is 0 Å². The molecule has 0 atom stereocenters. The molecule has 10 heteroatoms. The minimum atomic E-state index is -3.72. The number of benzene rings is 2. The largest absolute Gasteiger partial charge is 0.493 e. The number of sulfonamides is 1. The molecule has 1 aliphatic rings. The van der Waals surface area contributed by atoms with Crippen molar-refractivity contribution in [2.75, 3.05) is 47.5 Å². The van der Waals surface area contributed by atoms with E-state index in [-0.39, 0.29) is 30.3 Å². The van der Waals surface area contributed by atoms with Crippen LogP contribution in [0.5, 0.6) is 17.2 Å². The molecule has 2 aromatic carbocycles. The second-order valence-corrected chi connectivity index (χ2v) is 9.21. The van der Waals surface area contributed by atoms with E-state index in [1.54, 1.807) is 4.90 Å². The molecule has 3 rings (SSSR count). The van der Waals surface area contributed by atoms with E-state index in [9.17, 15) is 17.6 Å². The van der Waals surface area contributed by atoms with Crippen molar-refractivity contribution < 1.29 is 31.8 Å². The number of methoxy groups -OCH3 is 3. The molecule has 0 spiro atoms. The highest BCUT2D eigenvalue weighted by molar-refractivity contribution is 7.89. The van der Waals surface area contributed by atoms with Crippen molar-refractivity contribution in [2.45, 2.75) is 17.7 Å². The first-order chi connectivity index (χ1) is 15.3. The number of piperazine rings is 1. The van der Waals surface area contributed by atoms with Crippen LogP contribution in [0.3, 0.4) is 0 Å². The van der Waals surface area contributed by atoms with Gasteiger partial charge in [0.05, 0.1) is 26.2 Å². The fourth-order valence-electron chi connectivity index (χ4n) is 3.62. The molecule has 0 aromatic heterocycles. The number of aryl methyl sites for hydroxylation is 1. The molecule has 0 unspecified atom stereocenters. The zero-order valence-corrected chi connectivity index (χ0v) is 19.2. The number of halogens is 1. The van der Waals surface area contributed by atoms with Gasteiger partial charge in [-0.3, -0.25) is 4.79 Å². The third kappa shape index (κ3) is 5.13. The van der Waals surface area contributed by atoms with Crippen molar-refractivity contribution in [1.82, 2.24) is 9.21 Å². The number of hydrogen-bond donors (Lipinski definition) is 0. The highest BCUT2D eigenvalue weighted by atomic mass is 32.2. The van der Waals surface area contributed by atoms with Gasteiger partial charge in [0.25, 0.3) is 0 Å². The maximum absolute atomic E-state index is 13.1. The van der Waals surface area contributed by atoms with Crippen molar-refractivity contribution in [3.05, 3.63) is 47.8 Å². The van der Waals surface area contributed by atoms with Crippen molar-refractivity contribution in [1.29, 1.82) is 0 Å². The number of amides is 1. The highest BCUT2D eigenvalue weighted by Crippen LogP contribution is 2.38. The maximum Gasteiger partial charge on any atom is 0.243 e. The molecule has 1 heterocycles. The highest BCUT2D eigenvalue weighted by Gasteiger charge is 2.30. The van der Waals surface area contributed by atoms with Crippen LogP contribution in [0, 0.1) is 5.82 Å². The first kappa shape index (κ1) is 23.8. The van der Waals surface area contributed by atoms with Crippen molar-refractivity contribution in [3.8, 4) is 17.2 Å². The molecular weight excluding hydrogens is 439 g/mol. The fourth-order valence-corrected chi connectivity index (χ4v) is 5.04. The van der Waals surface area contributed by atoms with Gasteiger partial charge in [0.1, 0.15) is 5.82 Å². The lowest BCUT2D eigenvalue weighted by molar-refractivity contribution is -0.132. The van der Waals surface area contributed by atoms with Crippen LogP contribution in [0.4, 0.5) is 4.39 Å². The summed E-state index contributed by atoms with van der Waals surface area (Å²) in [5.74, 6) is 0.982. The van der Waals surface area contributed by atoms with Gasteiger partial charge in [-0.1, -0.05) is 0 Å². The van der Waals surface area contributed by atoms with E-state index in [1.807, 2.05) is 12.1 Å². The van der Waals surface area contributed by atoms with Crippen LogP contribution in [0.2, 0.25) is 0 Å². The molecule has 1 fully saturated rings. The average molecular weight is 467 g/mol. The maximum atomic E-state index is 13.1. The molecule has 2 aromatic rings. The second-order valence-electron chi connectivity index (χ2n) is 7.27. The molecule has 174 valence electrons. The predicted octanol–water partition coefficient (Wildman–Crippen LogP) is 2.32. The van der Waals surface area contributed by atoms with E-state index in [4.69, 9.17) is 14.2 Å². The summed E-state index contributed by atoms with van der Waals surface area (Å²) in [4.78, 5) is 14.4. The van der Waals surface area contributed by atoms with Gasteiger partial charge in [-0.05, 0) is 48.4 Å². The summed E-state index contributed by atoms with van der Waals surface area (Å²) in [6, 6.07) is 8.36. The lowest BCUT2D eigenvalue weighted by Crippen LogP contribution is -2.50. The quantitative estimate of drug-likeness (QED) is 0.594. The van der Waals surface area contributed by atoms with Gasteiger partial charge in [0, 0.05) is 32.6 Å². The summed E-state index contributed by atoms with van der Waals surface area (Å²) in [5, 5.41) is 0. The molecule has 1 aliphatic heterocycles. The molecule has 0 N–H and O–H groups in total. The monoisotopic (exact) mass is 466 g/mol. The van der Waals surface area contributed by atoms with Gasteiger partial charge in [0.15, 0.2) is 11.5 Å². The fraction of sp³-hybridized carbons (Fsp3) is 0.409. The van der Waals surface area contributed by atoms with Crippen LogP contribution < -0.4 is 14.2 Å². The Morgan fingerprint density at radius 2 is 1.50 bits per heavy atom. The van der Waals surface area contributed by atoms with Gasteiger partial charge in [-0.15, -0.1) is 0 Å². The Bertz CT molecular complexity index is 1030. The van der Waals surface area contributed by atoms with Gasteiger partial charge in [-0.2, -0.15) is 4.31 Å². The molecule has 0 bridgehead atoms. The first-order valence-electron chi connectivity index (χ1n) is 10.1. The van der Waals surface area contributed by atoms with Crippen LogP contribution in [-0.4, -0.2) is 71.0 Å². The lowest BCUT2D eigenvalue weighted by Gasteiger charge is -2.34. The molecular formula is C22H27FN2O6S. The van der Waals surface area contributed by atoms with E-state index in [0.717, 1.165) is 17.7 Å². The Morgan fingerprint density at radius 1 is 0.938 bits per heavy atom. The van der Waals surface area contributed by atoms with E-state index in [2.05, 4.69) is 0 Å². The molecule has 0 aliphatic carbocycles. The number of carbonyl (C=O) groups excluding carboxylic acids is 1. The third-order valence-corrected chi connectivity index (χ3v) is 7.31. The van der Waals surface area contributed by atoms with E-state index in [1.165, 1.54) is 37.8 Å². The second kappa shape index (κ2) is 10.2. The zero-order valence-electron chi connectivity index (χ0n) is 18.3. The lowest BCUT2D eigenvalue weighted by atomic mass is 10.1. The van der Waals surface area contributed by atoms with Gasteiger partial charge in [0.2, 0.25) is 21.7 Å². The van der Waals surface area contributed by atoms with Gasteiger partial charge in [-0.25, -0.2) is 12.8 Å². The molecule has 1 amide bonds. The van der Waals surface area contributed by atoms with Crippen LogP contribution in [0.15, 0.2) is 41.3 Å². The van der Waals surface area contributed by atoms with E-state index < -0.39 is 15.8 Å².